The summed E-state index contributed by atoms with van der Waals surface area (Å²) >= 11 is 0. The third-order valence-electron chi connectivity index (χ3n) is 5.47. The van der Waals surface area contributed by atoms with Gasteiger partial charge in [-0.3, -0.25) is 9.69 Å². The van der Waals surface area contributed by atoms with Gasteiger partial charge >= 0.3 is 0 Å². The summed E-state index contributed by atoms with van der Waals surface area (Å²) in [5.41, 5.74) is 2.87. The third kappa shape index (κ3) is 5.67. The van der Waals surface area contributed by atoms with Crippen molar-refractivity contribution in [1.82, 2.24) is 15.2 Å². The third-order valence-corrected chi connectivity index (χ3v) is 5.47. The maximum atomic E-state index is 12.5. The molecule has 2 aromatic carbocycles. The van der Waals surface area contributed by atoms with Gasteiger partial charge in [0.25, 0.3) is 5.91 Å². The SMILES string of the molecule is O=C(NCc1ccccc1)c1cccc(NC2CCN(Cc3ccccc3)CC2)n1. The van der Waals surface area contributed by atoms with Gasteiger partial charge in [0.15, 0.2) is 0 Å². The Balaban J connectivity index is 1.27. The molecule has 5 heteroatoms. The molecule has 4 rings (SSSR count). The summed E-state index contributed by atoms with van der Waals surface area (Å²) < 4.78 is 0. The second-order valence-corrected chi connectivity index (χ2v) is 7.76. The number of rotatable bonds is 7. The smallest absolute Gasteiger partial charge is 0.270 e. The summed E-state index contributed by atoms with van der Waals surface area (Å²) in [7, 11) is 0. The van der Waals surface area contributed by atoms with Crippen LogP contribution in [0.2, 0.25) is 0 Å². The van der Waals surface area contributed by atoms with Gasteiger partial charge in [-0.25, -0.2) is 4.98 Å². The van der Waals surface area contributed by atoms with Crippen LogP contribution in [0.4, 0.5) is 5.82 Å². The van der Waals surface area contributed by atoms with Crippen LogP contribution in [0.15, 0.2) is 78.9 Å². The number of aromatic nitrogens is 1. The van der Waals surface area contributed by atoms with Crippen LogP contribution in [0.3, 0.4) is 0 Å². The van der Waals surface area contributed by atoms with Crippen molar-refractivity contribution in [3.8, 4) is 0 Å². The van der Waals surface area contributed by atoms with Crippen LogP contribution >= 0.6 is 0 Å². The van der Waals surface area contributed by atoms with E-state index >= 15 is 0 Å². The number of carbonyl (C=O) groups is 1. The first-order valence-electron chi connectivity index (χ1n) is 10.6. The number of piperidine rings is 1. The molecule has 154 valence electrons. The average molecular weight is 401 g/mol. The van der Waals surface area contributed by atoms with Crippen molar-refractivity contribution < 1.29 is 4.79 Å². The zero-order valence-electron chi connectivity index (χ0n) is 17.1. The lowest BCUT2D eigenvalue weighted by molar-refractivity contribution is 0.0946. The van der Waals surface area contributed by atoms with Crippen LogP contribution in [-0.4, -0.2) is 34.9 Å². The van der Waals surface area contributed by atoms with Gasteiger partial charge in [0.05, 0.1) is 0 Å². The van der Waals surface area contributed by atoms with Gasteiger partial charge in [-0.2, -0.15) is 0 Å². The predicted octanol–water partition coefficient (Wildman–Crippen LogP) is 4.09. The molecule has 0 radical (unpaired) electrons. The molecule has 0 atom stereocenters. The highest BCUT2D eigenvalue weighted by Crippen LogP contribution is 2.17. The molecule has 0 aliphatic carbocycles. The largest absolute Gasteiger partial charge is 0.367 e. The fraction of sp³-hybridized carbons (Fsp3) is 0.280. The van der Waals surface area contributed by atoms with Gasteiger partial charge in [-0.1, -0.05) is 66.7 Å². The average Bonchev–Trinajstić information content (AvgIpc) is 2.80. The van der Waals surface area contributed by atoms with E-state index in [9.17, 15) is 4.79 Å². The summed E-state index contributed by atoms with van der Waals surface area (Å²) in [6.45, 7) is 3.62. The number of pyridine rings is 1. The Morgan fingerprint density at radius 3 is 2.23 bits per heavy atom. The molecule has 0 saturated carbocycles. The van der Waals surface area contributed by atoms with Crippen molar-refractivity contribution in [2.24, 2.45) is 0 Å². The fourth-order valence-electron chi connectivity index (χ4n) is 3.80. The zero-order chi connectivity index (χ0) is 20.6. The molecular formula is C25H28N4O. The Labute approximate surface area is 178 Å². The molecule has 0 spiro atoms. The van der Waals surface area contributed by atoms with Crippen LogP contribution in [-0.2, 0) is 13.1 Å². The minimum Gasteiger partial charge on any atom is -0.367 e. The van der Waals surface area contributed by atoms with Crippen LogP contribution < -0.4 is 10.6 Å². The number of anilines is 1. The standard InChI is InChI=1S/C25H28N4O/c30-25(26-18-20-8-3-1-4-9-20)23-12-7-13-24(28-23)27-22-14-16-29(17-15-22)19-21-10-5-2-6-11-21/h1-13,22H,14-19H2,(H,26,30)(H,27,28). The number of nitrogens with one attached hydrogen (secondary N) is 2. The summed E-state index contributed by atoms with van der Waals surface area (Å²) in [4.78, 5) is 19.5. The molecule has 1 amide bonds. The fourth-order valence-corrected chi connectivity index (χ4v) is 3.80. The van der Waals surface area contributed by atoms with Crippen molar-refractivity contribution in [2.75, 3.05) is 18.4 Å². The number of amides is 1. The number of benzene rings is 2. The normalized spacial score (nSPS) is 14.9. The van der Waals surface area contributed by atoms with E-state index in [4.69, 9.17) is 0 Å². The van der Waals surface area contributed by atoms with Gasteiger partial charge in [0.2, 0.25) is 0 Å². The summed E-state index contributed by atoms with van der Waals surface area (Å²) in [5, 5.41) is 6.46. The molecule has 5 nitrogen and oxygen atoms in total. The Morgan fingerprint density at radius 2 is 1.53 bits per heavy atom. The van der Waals surface area contributed by atoms with E-state index in [1.807, 2.05) is 42.5 Å². The monoisotopic (exact) mass is 400 g/mol. The van der Waals surface area contributed by atoms with Crippen molar-refractivity contribution in [2.45, 2.75) is 32.0 Å². The second kappa shape index (κ2) is 10.0. The van der Waals surface area contributed by atoms with E-state index in [1.165, 1.54) is 5.56 Å². The van der Waals surface area contributed by atoms with Crippen molar-refractivity contribution in [3.63, 3.8) is 0 Å². The molecule has 1 fully saturated rings. The van der Waals surface area contributed by atoms with Crippen molar-refractivity contribution in [1.29, 1.82) is 0 Å². The van der Waals surface area contributed by atoms with E-state index in [2.05, 4.69) is 50.8 Å². The molecule has 30 heavy (non-hydrogen) atoms. The van der Waals surface area contributed by atoms with Crippen molar-refractivity contribution >= 4 is 11.7 Å². The van der Waals surface area contributed by atoms with E-state index in [-0.39, 0.29) is 5.91 Å². The van der Waals surface area contributed by atoms with Gasteiger partial charge in [0.1, 0.15) is 11.5 Å². The molecule has 2 heterocycles. The number of hydrogen-bond acceptors (Lipinski definition) is 4. The zero-order valence-corrected chi connectivity index (χ0v) is 17.1. The maximum absolute atomic E-state index is 12.5. The quantitative estimate of drug-likeness (QED) is 0.627. The first-order chi connectivity index (χ1) is 14.8. The van der Waals surface area contributed by atoms with Gasteiger partial charge in [-0.15, -0.1) is 0 Å². The lowest BCUT2D eigenvalue weighted by atomic mass is 10.0. The number of hydrogen-bond donors (Lipinski definition) is 2. The van der Waals surface area contributed by atoms with Crippen LogP contribution in [0, 0.1) is 0 Å². The highest BCUT2D eigenvalue weighted by molar-refractivity contribution is 5.92. The molecule has 1 aliphatic rings. The molecular weight excluding hydrogens is 372 g/mol. The highest BCUT2D eigenvalue weighted by Gasteiger charge is 2.19. The summed E-state index contributed by atoms with van der Waals surface area (Å²) in [5.74, 6) is 0.615. The number of likely N-dealkylation sites (tertiary alicyclic amines) is 1. The van der Waals surface area contributed by atoms with Crippen molar-refractivity contribution in [3.05, 3.63) is 95.7 Å². The first-order valence-corrected chi connectivity index (χ1v) is 10.6. The highest BCUT2D eigenvalue weighted by atomic mass is 16.1. The van der Waals surface area contributed by atoms with E-state index < -0.39 is 0 Å². The molecule has 2 N–H and O–H groups in total. The Hall–Kier alpha value is -3.18. The summed E-state index contributed by atoms with van der Waals surface area (Å²) in [6, 6.07) is 26.5. The minimum atomic E-state index is -0.153. The van der Waals surface area contributed by atoms with Gasteiger partial charge in [-0.05, 0) is 36.1 Å². The molecule has 0 unspecified atom stereocenters. The Kier molecular flexibility index (Phi) is 6.72. The minimum absolute atomic E-state index is 0.153. The first kappa shape index (κ1) is 20.1. The molecule has 3 aromatic rings. The number of carbonyl (C=O) groups excluding carboxylic acids is 1. The van der Waals surface area contributed by atoms with Gasteiger partial charge in [0, 0.05) is 32.2 Å². The van der Waals surface area contributed by atoms with Crippen LogP contribution in [0.25, 0.3) is 0 Å². The van der Waals surface area contributed by atoms with E-state index in [0.717, 1.165) is 43.9 Å². The molecule has 1 aromatic heterocycles. The molecule has 1 saturated heterocycles. The topological polar surface area (TPSA) is 57.3 Å². The molecule has 1 aliphatic heterocycles. The second-order valence-electron chi connectivity index (χ2n) is 7.76. The summed E-state index contributed by atoms with van der Waals surface area (Å²) in [6.07, 6.45) is 2.14. The number of nitrogens with zero attached hydrogens (tertiary/aromatic N) is 2. The maximum Gasteiger partial charge on any atom is 0.270 e. The predicted molar refractivity (Wildman–Crippen MR) is 120 cm³/mol. The van der Waals surface area contributed by atoms with Gasteiger partial charge < -0.3 is 10.6 Å². The van der Waals surface area contributed by atoms with Crippen LogP contribution in [0.1, 0.15) is 34.5 Å². The Morgan fingerprint density at radius 1 is 0.867 bits per heavy atom. The lowest BCUT2D eigenvalue weighted by Crippen LogP contribution is -2.38. The molecule has 0 bridgehead atoms. The van der Waals surface area contributed by atoms with E-state index in [0.29, 0.717) is 18.3 Å². The van der Waals surface area contributed by atoms with E-state index in [1.54, 1.807) is 6.07 Å². The Bertz CT molecular complexity index is 938. The van der Waals surface area contributed by atoms with Crippen LogP contribution in [0.5, 0.6) is 0 Å². The lowest BCUT2D eigenvalue weighted by Gasteiger charge is -2.32.